The number of hydrogen-bond donors (Lipinski definition) is 0. The molecular formula is C17H19N3O. The van der Waals surface area contributed by atoms with Crippen molar-refractivity contribution in [3.63, 3.8) is 0 Å². The molecule has 0 N–H and O–H groups in total. The van der Waals surface area contributed by atoms with Crippen LogP contribution in [-0.2, 0) is 4.79 Å². The van der Waals surface area contributed by atoms with Gasteiger partial charge in [-0.15, -0.1) is 0 Å². The number of anilines is 1. The number of carbonyl (C=O) groups excluding carboxylic acids is 1. The molecule has 0 unspecified atom stereocenters. The summed E-state index contributed by atoms with van der Waals surface area (Å²) < 4.78 is 0. The number of benzene rings is 2. The maximum Gasteiger partial charge on any atom is 0.214 e. The molecule has 0 aliphatic rings. The zero-order valence-corrected chi connectivity index (χ0v) is 12.1. The van der Waals surface area contributed by atoms with Crippen molar-refractivity contribution >= 4 is 23.5 Å². The Balaban J connectivity index is 2.04. The van der Waals surface area contributed by atoms with Crippen molar-refractivity contribution in [1.29, 1.82) is 0 Å². The average Bonchev–Trinajstić information content (AvgIpc) is 2.56. The Morgan fingerprint density at radius 2 is 1.57 bits per heavy atom. The average molecular weight is 281 g/mol. The van der Waals surface area contributed by atoms with Gasteiger partial charge in [-0.2, -0.15) is 10.2 Å². The molecule has 0 heterocycles. The lowest BCUT2D eigenvalue weighted by Gasteiger charge is -2.16. The van der Waals surface area contributed by atoms with Crippen molar-refractivity contribution in [2.24, 2.45) is 10.2 Å². The summed E-state index contributed by atoms with van der Waals surface area (Å²) in [5.74, 6) is 0. The molecule has 4 heteroatoms. The monoisotopic (exact) mass is 281 g/mol. The van der Waals surface area contributed by atoms with Crippen LogP contribution in [0.25, 0.3) is 0 Å². The maximum atomic E-state index is 11.1. The summed E-state index contributed by atoms with van der Waals surface area (Å²) in [7, 11) is 0. The van der Waals surface area contributed by atoms with Gasteiger partial charge in [0.15, 0.2) is 0 Å². The number of nitrogens with zero attached hydrogens (tertiary/aromatic N) is 3. The Labute approximate surface area is 125 Å². The van der Waals surface area contributed by atoms with Crippen molar-refractivity contribution in [2.75, 3.05) is 11.4 Å². The first-order chi connectivity index (χ1) is 10.3. The normalized spacial score (nSPS) is 10.7. The Bertz CT molecular complexity index is 579. The highest BCUT2D eigenvalue weighted by molar-refractivity contribution is 5.75. The van der Waals surface area contributed by atoms with Crippen molar-refractivity contribution in [1.82, 2.24) is 0 Å². The molecule has 21 heavy (non-hydrogen) atoms. The standard InChI is InChI=1S/C17H19N3O/c1-2-3-13-20(14-21)17-11-9-16(10-12-17)19-18-15-7-5-4-6-8-15/h4-12,14H,2-3,13H2,1H3. The second-order valence-corrected chi connectivity index (χ2v) is 4.70. The molecule has 0 aromatic heterocycles. The third-order valence-electron chi connectivity index (χ3n) is 3.10. The molecule has 2 aromatic rings. The second kappa shape index (κ2) is 7.94. The van der Waals surface area contributed by atoms with E-state index in [2.05, 4.69) is 17.2 Å². The molecule has 0 radical (unpaired) electrons. The first-order valence-electron chi connectivity index (χ1n) is 7.12. The zero-order valence-electron chi connectivity index (χ0n) is 12.1. The van der Waals surface area contributed by atoms with Crippen molar-refractivity contribution in [3.8, 4) is 0 Å². The predicted molar refractivity (Wildman–Crippen MR) is 85.4 cm³/mol. The highest BCUT2D eigenvalue weighted by Gasteiger charge is 2.03. The molecule has 0 spiro atoms. The van der Waals surface area contributed by atoms with Crippen LogP contribution < -0.4 is 4.90 Å². The fourth-order valence-corrected chi connectivity index (χ4v) is 1.89. The van der Waals surface area contributed by atoms with Gasteiger partial charge in [0.05, 0.1) is 11.4 Å². The highest BCUT2D eigenvalue weighted by atomic mass is 16.1. The van der Waals surface area contributed by atoms with E-state index in [0.717, 1.165) is 42.9 Å². The van der Waals surface area contributed by atoms with Gasteiger partial charge >= 0.3 is 0 Å². The van der Waals surface area contributed by atoms with E-state index < -0.39 is 0 Å². The summed E-state index contributed by atoms with van der Waals surface area (Å²) in [6.07, 6.45) is 2.93. The largest absolute Gasteiger partial charge is 0.315 e. The molecule has 0 saturated carbocycles. The summed E-state index contributed by atoms with van der Waals surface area (Å²) in [5.41, 5.74) is 2.47. The lowest BCUT2D eigenvalue weighted by atomic mass is 10.2. The highest BCUT2D eigenvalue weighted by Crippen LogP contribution is 2.21. The maximum absolute atomic E-state index is 11.1. The molecule has 108 valence electrons. The van der Waals surface area contributed by atoms with Crippen LogP contribution in [0.1, 0.15) is 19.8 Å². The third kappa shape index (κ3) is 4.53. The number of rotatable bonds is 7. The summed E-state index contributed by atoms with van der Waals surface area (Å²) >= 11 is 0. The van der Waals surface area contributed by atoms with Gasteiger partial charge in [0.2, 0.25) is 6.41 Å². The van der Waals surface area contributed by atoms with Gasteiger partial charge in [-0.1, -0.05) is 31.5 Å². The lowest BCUT2D eigenvalue weighted by Crippen LogP contribution is -2.21. The van der Waals surface area contributed by atoms with Gasteiger partial charge in [0.25, 0.3) is 0 Å². The van der Waals surface area contributed by atoms with Crippen LogP contribution >= 0.6 is 0 Å². The number of amides is 1. The molecule has 0 saturated heterocycles. The Kier molecular flexibility index (Phi) is 5.64. The molecule has 0 atom stereocenters. The van der Waals surface area contributed by atoms with Crippen LogP contribution in [0.3, 0.4) is 0 Å². The topological polar surface area (TPSA) is 45.0 Å². The molecule has 0 bridgehead atoms. The minimum atomic E-state index is 0.741. The zero-order chi connectivity index (χ0) is 14.9. The van der Waals surface area contributed by atoms with Gasteiger partial charge < -0.3 is 4.90 Å². The van der Waals surface area contributed by atoms with E-state index >= 15 is 0 Å². The van der Waals surface area contributed by atoms with E-state index in [1.54, 1.807) is 4.90 Å². The minimum absolute atomic E-state index is 0.741. The Hall–Kier alpha value is -2.49. The number of hydrogen-bond acceptors (Lipinski definition) is 3. The van der Waals surface area contributed by atoms with Crippen molar-refractivity contribution in [2.45, 2.75) is 19.8 Å². The van der Waals surface area contributed by atoms with Crippen LogP contribution in [0.5, 0.6) is 0 Å². The first kappa shape index (κ1) is 14.9. The Morgan fingerprint density at radius 1 is 0.952 bits per heavy atom. The van der Waals surface area contributed by atoms with E-state index in [1.807, 2.05) is 54.6 Å². The van der Waals surface area contributed by atoms with Gasteiger partial charge in [-0.05, 0) is 42.8 Å². The minimum Gasteiger partial charge on any atom is -0.315 e. The van der Waals surface area contributed by atoms with Gasteiger partial charge in [-0.3, -0.25) is 4.79 Å². The van der Waals surface area contributed by atoms with E-state index in [4.69, 9.17) is 0 Å². The van der Waals surface area contributed by atoms with Crippen LogP contribution in [0.2, 0.25) is 0 Å². The molecule has 2 aromatic carbocycles. The SMILES string of the molecule is CCCCN(C=O)c1ccc(N=Nc2ccccc2)cc1. The second-order valence-electron chi connectivity index (χ2n) is 4.70. The van der Waals surface area contributed by atoms with Gasteiger partial charge in [-0.25, -0.2) is 0 Å². The third-order valence-corrected chi connectivity index (χ3v) is 3.10. The summed E-state index contributed by atoms with van der Waals surface area (Å²) in [6, 6.07) is 17.1. The number of carbonyl (C=O) groups is 1. The predicted octanol–water partition coefficient (Wildman–Crippen LogP) is 4.86. The number of unbranched alkanes of at least 4 members (excludes halogenated alkanes) is 1. The smallest absolute Gasteiger partial charge is 0.214 e. The summed E-state index contributed by atoms with van der Waals surface area (Å²) in [5, 5.41) is 8.35. The molecule has 1 amide bonds. The van der Waals surface area contributed by atoms with Crippen molar-refractivity contribution in [3.05, 3.63) is 54.6 Å². The molecule has 2 rings (SSSR count). The molecule has 0 fully saturated rings. The fourth-order valence-electron chi connectivity index (χ4n) is 1.89. The Morgan fingerprint density at radius 3 is 2.14 bits per heavy atom. The molecule has 0 aliphatic carbocycles. The first-order valence-corrected chi connectivity index (χ1v) is 7.12. The van der Waals surface area contributed by atoms with E-state index in [-0.39, 0.29) is 0 Å². The summed E-state index contributed by atoms with van der Waals surface area (Å²) in [6.45, 7) is 2.85. The number of azo groups is 1. The van der Waals surface area contributed by atoms with Crippen LogP contribution in [0, 0.1) is 0 Å². The van der Waals surface area contributed by atoms with Crippen LogP contribution in [0.15, 0.2) is 64.8 Å². The van der Waals surface area contributed by atoms with Gasteiger partial charge in [0, 0.05) is 12.2 Å². The van der Waals surface area contributed by atoms with Crippen LogP contribution in [0.4, 0.5) is 17.1 Å². The van der Waals surface area contributed by atoms with Crippen LogP contribution in [-0.4, -0.2) is 13.0 Å². The fraction of sp³-hybridized carbons (Fsp3) is 0.235. The molecule has 4 nitrogen and oxygen atoms in total. The summed E-state index contributed by atoms with van der Waals surface area (Å²) in [4.78, 5) is 12.8. The quantitative estimate of drug-likeness (QED) is 0.527. The lowest BCUT2D eigenvalue weighted by molar-refractivity contribution is -0.107. The molecular weight excluding hydrogens is 262 g/mol. The van der Waals surface area contributed by atoms with Gasteiger partial charge in [0.1, 0.15) is 0 Å². The van der Waals surface area contributed by atoms with E-state index in [9.17, 15) is 4.79 Å². The van der Waals surface area contributed by atoms with E-state index in [0.29, 0.717) is 0 Å². The van der Waals surface area contributed by atoms with E-state index in [1.165, 1.54) is 0 Å². The van der Waals surface area contributed by atoms with Crippen molar-refractivity contribution < 1.29 is 4.79 Å². The molecule has 0 aliphatic heterocycles.